The number of rotatable bonds is 13. The highest BCUT2D eigenvalue weighted by molar-refractivity contribution is 5.85. The Morgan fingerprint density at radius 3 is 2.20 bits per heavy atom. The summed E-state index contributed by atoms with van der Waals surface area (Å²) in [6.07, 6.45) is 16.9. The van der Waals surface area contributed by atoms with E-state index in [9.17, 15) is 4.79 Å². The van der Waals surface area contributed by atoms with E-state index in [1.165, 1.54) is 63.9 Å². The van der Waals surface area contributed by atoms with E-state index in [0.717, 1.165) is 24.1 Å². The smallest absolute Gasteiger partial charge is 0.335 e. The SMILES string of the molecule is C=CC(=O)Oc1c(C)ccnc1CCCCCCCCCCCC.Cl. The summed E-state index contributed by atoms with van der Waals surface area (Å²) in [7, 11) is 0. The van der Waals surface area contributed by atoms with Gasteiger partial charge < -0.3 is 4.74 Å². The summed E-state index contributed by atoms with van der Waals surface area (Å²) in [4.78, 5) is 15.9. The Hall–Kier alpha value is -1.35. The Morgan fingerprint density at radius 1 is 1.08 bits per heavy atom. The molecule has 0 aliphatic rings. The van der Waals surface area contributed by atoms with Crippen LogP contribution in [0.4, 0.5) is 0 Å². The molecule has 0 spiro atoms. The molecule has 0 radical (unpaired) electrons. The molecule has 0 unspecified atom stereocenters. The molecule has 0 saturated carbocycles. The van der Waals surface area contributed by atoms with E-state index in [4.69, 9.17) is 4.74 Å². The van der Waals surface area contributed by atoms with Gasteiger partial charge in [0.05, 0.1) is 5.69 Å². The Bertz CT molecular complexity index is 503. The largest absolute Gasteiger partial charge is 0.421 e. The molecule has 142 valence electrons. The lowest BCUT2D eigenvalue weighted by Crippen LogP contribution is -2.08. The van der Waals surface area contributed by atoms with Crippen molar-refractivity contribution in [3.8, 4) is 5.75 Å². The van der Waals surface area contributed by atoms with Crippen LogP contribution in [-0.4, -0.2) is 11.0 Å². The normalized spacial score (nSPS) is 10.2. The molecule has 0 N–H and O–H groups in total. The topological polar surface area (TPSA) is 39.2 Å². The second-order valence-corrected chi connectivity index (χ2v) is 6.46. The quantitative estimate of drug-likeness (QED) is 0.231. The first-order valence-corrected chi connectivity index (χ1v) is 9.47. The van der Waals surface area contributed by atoms with Gasteiger partial charge in [-0.1, -0.05) is 71.3 Å². The monoisotopic (exact) mass is 367 g/mol. The molecule has 3 nitrogen and oxygen atoms in total. The highest BCUT2D eigenvalue weighted by atomic mass is 35.5. The summed E-state index contributed by atoms with van der Waals surface area (Å²) in [5.74, 6) is 0.189. The fourth-order valence-electron chi connectivity index (χ4n) is 2.84. The van der Waals surface area contributed by atoms with Crippen molar-refractivity contribution in [2.24, 2.45) is 0 Å². The maximum Gasteiger partial charge on any atom is 0.335 e. The van der Waals surface area contributed by atoms with Gasteiger partial charge in [0.2, 0.25) is 0 Å². The summed E-state index contributed by atoms with van der Waals surface area (Å²) in [6, 6.07) is 1.87. The number of ether oxygens (including phenoxy) is 1. The zero-order chi connectivity index (χ0) is 17.6. The summed E-state index contributed by atoms with van der Waals surface area (Å²) in [5, 5.41) is 0. The molecule has 1 aromatic heterocycles. The first-order chi connectivity index (χ1) is 11.7. The van der Waals surface area contributed by atoms with Gasteiger partial charge in [-0.2, -0.15) is 0 Å². The third-order valence-electron chi connectivity index (χ3n) is 4.31. The highest BCUT2D eigenvalue weighted by Crippen LogP contribution is 2.23. The van der Waals surface area contributed by atoms with Crippen molar-refractivity contribution in [3.63, 3.8) is 0 Å². The Morgan fingerprint density at radius 2 is 1.64 bits per heavy atom. The van der Waals surface area contributed by atoms with Crippen molar-refractivity contribution in [2.75, 3.05) is 0 Å². The Kier molecular flexibility index (Phi) is 14.1. The van der Waals surface area contributed by atoms with Crippen LogP contribution in [0.5, 0.6) is 5.75 Å². The molecule has 0 aliphatic heterocycles. The summed E-state index contributed by atoms with van der Waals surface area (Å²) >= 11 is 0. The summed E-state index contributed by atoms with van der Waals surface area (Å²) in [6.45, 7) is 7.65. The molecular weight excluding hydrogens is 334 g/mol. The fraction of sp³-hybridized carbons (Fsp3) is 0.619. The molecule has 0 saturated heterocycles. The number of aryl methyl sites for hydroxylation is 2. The van der Waals surface area contributed by atoms with Crippen LogP contribution in [-0.2, 0) is 11.2 Å². The molecule has 0 aromatic carbocycles. The van der Waals surface area contributed by atoms with Gasteiger partial charge in [0.25, 0.3) is 0 Å². The highest BCUT2D eigenvalue weighted by Gasteiger charge is 2.11. The predicted molar refractivity (Wildman–Crippen MR) is 108 cm³/mol. The van der Waals surface area contributed by atoms with Crippen molar-refractivity contribution in [2.45, 2.75) is 84.5 Å². The third kappa shape index (κ3) is 10.3. The minimum atomic E-state index is -0.421. The molecule has 0 amide bonds. The van der Waals surface area contributed by atoms with Gasteiger partial charge in [0, 0.05) is 12.3 Å². The van der Waals surface area contributed by atoms with E-state index >= 15 is 0 Å². The van der Waals surface area contributed by atoms with E-state index in [1.807, 2.05) is 13.0 Å². The molecule has 0 atom stereocenters. The van der Waals surface area contributed by atoms with E-state index in [0.29, 0.717) is 5.75 Å². The maximum absolute atomic E-state index is 11.5. The number of hydrogen-bond donors (Lipinski definition) is 0. The van der Waals surface area contributed by atoms with Crippen LogP contribution in [0.2, 0.25) is 0 Å². The Labute approximate surface area is 159 Å². The lowest BCUT2D eigenvalue weighted by molar-refractivity contribution is -0.129. The molecule has 1 aromatic rings. The molecular formula is C21H34ClNO2. The lowest BCUT2D eigenvalue weighted by Gasteiger charge is -2.10. The lowest BCUT2D eigenvalue weighted by atomic mass is 10.0. The zero-order valence-electron chi connectivity index (χ0n) is 15.9. The molecule has 0 bridgehead atoms. The van der Waals surface area contributed by atoms with Crippen LogP contribution >= 0.6 is 12.4 Å². The maximum atomic E-state index is 11.5. The molecule has 1 rings (SSSR count). The minimum absolute atomic E-state index is 0. The van der Waals surface area contributed by atoms with Gasteiger partial charge in [-0.25, -0.2) is 4.79 Å². The van der Waals surface area contributed by atoms with Crippen molar-refractivity contribution < 1.29 is 9.53 Å². The van der Waals surface area contributed by atoms with E-state index < -0.39 is 5.97 Å². The minimum Gasteiger partial charge on any atom is -0.421 e. The zero-order valence-corrected chi connectivity index (χ0v) is 16.7. The standard InChI is InChI=1S/C21H33NO2.ClH/c1-4-6-7-8-9-10-11-12-13-14-15-19-21(24-20(23)5-2)18(3)16-17-22-19;/h5,16-17H,2,4,6-15H2,1,3H3;1H. The van der Waals surface area contributed by atoms with Gasteiger partial charge in [-0.15, -0.1) is 12.4 Å². The van der Waals surface area contributed by atoms with Crippen molar-refractivity contribution in [3.05, 3.63) is 36.2 Å². The number of carbonyl (C=O) groups is 1. The van der Waals surface area contributed by atoms with Crippen LogP contribution < -0.4 is 4.74 Å². The molecule has 1 heterocycles. The summed E-state index contributed by atoms with van der Waals surface area (Å²) in [5.41, 5.74) is 1.83. The second kappa shape index (κ2) is 14.9. The fourth-order valence-corrected chi connectivity index (χ4v) is 2.84. The van der Waals surface area contributed by atoms with E-state index in [2.05, 4.69) is 18.5 Å². The second-order valence-electron chi connectivity index (χ2n) is 6.46. The van der Waals surface area contributed by atoms with E-state index in [-0.39, 0.29) is 12.4 Å². The van der Waals surface area contributed by atoms with Crippen LogP contribution in [0.15, 0.2) is 24.9 Å². The van der Waals surface area contributed by atoms with E-state index in [1.54, 1.807) is 6.20 Å². The number of esters is 1. The molecule has 0 fully saturated rings. The average molecular weight is 368 g/mol. The molecule has 0 aliphatic carbocycles. The Balaban J connectivity index is 0.00000576. The van der Waals surface area contributed by atoms with Gasteiger partial charge in [0.1, 0.15) is 0 Å². The van der Waals surface area contributed by atoms with Crippen molar-refractivity contribution >= 4 is 18.4 Å². The van der Waals surface area contributed by atoms with Crippen LogP contribution in [0.1, 0.15) is 82.4 Å². The average Bonchev–Trinajstić information content (AvgIpc) is 2.59. The van der Waals surface area contributed by atoms with Gasteiger partial charge >= 0.3 is 5.97 Å². The first kappa shape index (κ1) is 23.6. The predicted octanol–water partition coefficient (Wildman–Crippen LogP) is 6.37. The van der Waals surface area contributed by atoms with Gasteiger partial charge in [-0.05, 0) is 31.4 Å². The number of hydrogen-bond acceptors (Lipinski definition) is 3. The number of nitrogens with zero attached hydrogens (tertiary/aromatic N) is 1. The number of pyridine rings is 1. The summed E-state index contributed by atoms with van der Waals surface area (Å²) < 4.78 is 5.35. The van der Waals surface area contributed by atoms with Crippen molar-refractivity contribution in [1.29, 1.82) is 0 Å². The number of aromatic nitrogens is 1. The molecule has 4 heteroatoms. The number of halogens is 1. The van der Waals surface area contributed by atoms with Crippen LogP contribution in [0.3, 0.4) is 0 Å². The van der Waals surface area contributed by atoms with Crippen LogP contribution in [0.25, 0.3) is 0 Å². The van der Waals surface area contributed by atoms with Crippen molar-refractivity contribution in [1.82, 2.24) is 4.98 Å². The third-order valence-corrected chi connectivity index (χ3v) is 4.31. The number of unbranched alkanes of at least 4 members (excludes halogenated alkanes) is 9. The molecule has 25 heavy (non-hydrogen) atoms. The number of carbonyl (C=O) groups excluding carboxylic acids is 1. The van der Waals surface area contributed by atoms with Gasteiger partial charge in [-0.3, -0.25) is 4.98 Å². The van der Waals surface area contributed by atoms with Gasteiger partial charge in [0.15, 0.2) is 5.75 Å². The first-order valence-electron chi connectivity index (χ1n) is 9.47. The van der Waals surface area contributed by atoms with Crippen LogP contribution in [0, 0.1) is 6.92 Å².